The summed E-state index contributed by atoms with van der Waals surface area (Å²) in [6, 6.07) is 0.693. The van der Waals surface area contributed by atoms with Gasteiger partial charge in [-0.1, -0.05) is 13.8 Å². The molecule has 2 heterocycles. The van der Waals surface area contributed by atoms with Crippen molar-refractivity contribution in [1.29, 1.82) is 0 Å². The van der Waals surface area contributed by atoms with Crippen LogP contribution >= 0.6 is 0 Å². The van der Waals surface area contributed by atoms with E-state index in [4.69, 9.17) is 4.74 Å². The summed E-state index contributed by atoms with van der Waals surface area (Å²) >= 11 is 0. The minimum absolute atomic E-state index is 0.535. The second kappa shape index (κ2) is 7.95. The maximum absolute atomic E-state index is 6.50. The van der Waals surface area contributed by atoms with Crippen molar-refractivity contribution in [2.45, 2.75) is 104 Å². The standard InChI is InChI=1S/C24H44N2O/c1-19(2)15-24(7-8-24)18-25-13-9-23(10-14-25)16-22(17-23)27-21-5-11-26(12-6-21)20(3)4/h19-22H,5-18H2,1-4H3. The summed E-state index contributed by atoms with van der Waals surface area (Å²) in [4.78, 5) is 5.40. The maximum Gasteiger partial charge on any atom is 0.0603 e. The van der Waals surface area contributed by atoms with Crippen LogP contribution in [0.2, 0.25) is 0 Å². The molecule has 27 heavy (non-hydrogen) atoms. The second-order valence-electron chi connectivity index (χ2n) is 11.4. The minimum atomic E-state index is 0.535. The first-order valence-electron chi connectivity index (χ1n) is 12.0. The maximum atomic E-state index is 6.50. The molecule has 0 aromatic heterocycles. The lowest BCUT2D eigenvalue weighted by molar-refractivity contribution is -0.143. The Labute approximate surface area is 168 Å². The molecule has 1 spiro atoms. The van der Waals surface area contributed by atoms with E-state index in [9.17, 15) is 0 Å². The Morgan fingerprint density at radius 1 is 0.852 bits per heavy atom. The molecule has 3 heteroatoms. The van der Waals surface area contributed by atoms with E-state index in [-0.39, 0.29) is 0 Å². The van der Waals surface area contributed by atoms with Gasteiger partial charge in [0.25, 0.3) is 0 Å². The Bertz CT molecular complexity index is 475. The summed E-state index contributed by atoms with van der Waals surface area (Å²) < 4.78 is 6.50. The molecule has 0 amide bonds. The quantitative estimate of drug-likeness (QED) is 0.625. The minimum Gasteiger partial charge on any atom is -0.375 e. The predicted octanol–water partition coefficient (Wildman–Crippen LogP) is 4.95. The van der Waals surface area contributed by atoms with E-state index in [1.54, 1.807) is 0 Å². The van der Waals surface area contributed by atoms with Gasteiger partial charge in [-0.25, -0.2) is 0 Å². The predicted molar refractivity (Wildman–Crippen MR) is 113 cm³/mol. The van der Waals surface area contributed by atoms with Crippen molar-refractivity contribution < 1.29 is 4.74 Å². The normalized spacial score (nSPS) is 29.6. The van der Waals surface area contributed by atoms with Crippen LogP contribution in [0.25, 0.3) is 0 Å². The summed E-state index contributed by atoms with van der Waals surface area (Å²) in [5.41, 5.74) is 1.35. The van der Waals surface area contributed by atoms with Crippen LogP contribution in [0.5, 0.6) is 0 Å². The van der Waals surface area contributed by atoms with Crippen molar-refractivity contribution in [1.82, 2.24) is 9.80 Å². The zero-order chi connectivity index (χ0) is 19.1. The lowest BCUT2D eigenvalue weighted by Crippen LogP contribution is -2.52. The van der Waals surface area contributed by atoms with Crippen LogP contribution < -0.4 is 0 Å². The first-order valence-corrected chi connectivity index (χ1v) is 12.0. The van der Waals surface area contributed by atoms with Gasteiger partial charge in [-0.15, -0.1) is 0 Å². The number of hydrogen-bond donors (Lipinski definition) is 0. The fourth-order valence-corrected chi connectivity index (χ4v) is 6.34. The Morgan fingerprint density at radius 2 is 1.48 bits per heavy atom. The van der Waals surface area contributed by atoms with Crippen LogP contribution in [0.3, 0.4) is 0 Å². The van der Waals surface area contributed by atoms with Gasteiger partial charge in [0.05, 0.1) is 12.2 Å². The topological polar surface area (TPSA) is 15.7 Å². The summed E-state index contributed by atoms with van der Waals surface area (Å²) in [6.07, 6.45) is 13.6. The summed E-state index contributed by atoms with van der Waals surface area (Å²) in [5, 5.41) is 0. The van der Waals surface area contributed by atoms with Crippen LogP contribution in [0.15, 0.2) is 0 Å². The molecule has 2 aliphatic carbocycles. The Kier molecular flexibility index (Phi) is 5.94. The van der Waals surface area contributed by atoms with E-state index in [1.807, 2.05) is 0 Å². The molecule has 0 aromatic rings. The summed E-state index contributed by atoms with van der Waals surface area (Å²) in [5.74, 6) is 0.862. The van der Waals surface area contributed by atoms with Gasteiger partial charge in [-0.2, -0.15) is 0 Å². The molecule has 0 unspecified atom stereocenters. The Morgan fingerprint density at radius 3 is 2.00 bits per heavy atom. The van der Waals surface area contributed by atoms with Crippen LogP contribution in [0.4, 0.5) is 0 Å². The molecular weight excluding hydrogens is 332 g/mol. The number of nitrogens with zero attached hydrogens (tertiary/aromatic N) is 2. The first kappa shape index (κ1) is 20.2. The first-order chi connectivity index (χ1) is 12.9. The Balaban J connectivity index is 1.14. The zero-order valence-corrected chi connectivity index (χ0v) is 18.5. The lowest BCUT2D eigenvalue weighted by atomic mass is 9.61. The van der Waals surface area contributed by atoms with Crippen molar-refractivity contribution in [3.8, 4) is 0 Å². The average Bonchev–Trinajstić information content (AvgIpc) is 3.34. The molecule has 3 nitrogen and oxygen atoms in total. The molecule has 0 N–H and O–H groups in total. The highest BCUT2D eigenvalue weighted by Gasteiger charge is 2.49. The van der Waals surface area contributed by atoms with Gasteiger partial charge in [0.2, 0.25) is 0 Å². The molecule has 2 saturated carbocycles. The lowest BCUT2D eigenvalue weighted by Gasteiger charge is -2.53. The molecule has 2 aliphatic heterocycles. The van der Waals surface area contributed by atoms with Gasteiger partial charge in [0.15, 0.2) is 0 Å². The van der Waals surface area contributed by atoms with E-state index < -0.39 is 0 Å². The average molecular weight is 377 g/mol. The van der Waals surface area contributed by atoms with Crippen molar-refractivity contribution in [3.63, 3.8) is 0 Å². The van der Waals surface area contributed by atoms with Crippen molar-refractivity contribution in [2.24, 2.45) is 16.7 Å². The van der Waals surface area contributed by atoms with E-state index in [0.29, 0.717) is 29.1 Å². The van der Waals surface area contributed by atoms with E-state index in [2.05, 4.69) is 37.5 Å². The molecule has 4 fully saturated rings. The zero-order valence-electron chi connectivity index (χ0n) is 18.5. The monoisotopic (exact) mass is 376 g/mol. The molecule has 0 aromatic carbocycles. The molecule has 4 aliphatic rings. The smallest absolute Gasteiger partial charge is 0.0603 e. The highest BCUT2D eigenvalue weighted by atomic mass is 16.5. The fraction of sp³-hybridized carbons (Fsp3) is 1.00. The SMILES string of the molecule is CC(C)CC1(CN2CCC3(CC2)CC(OC2CCN(C(C)C)CC2)C3)CC1. The molecular formula is C24H44N2O. The fourth-order valence-electron chi connectivity index (χ4n) is 6.34. The number of rotatable bonds is 7. The molecule has 2 saturated heterocycles. The third kappa shape index (κ3) is 4.90. The van der Waals surface area contributed by atoms with E-state index >= 15 is 0 Å². The van der Waals surface area contributed by atoms with Gasteiger partial charge in [-0.05, 0) is 101 Å². The number of ether oxygens (including phenoxy) is 1. The van der Waals surface area contributed by atoms with Crippen molar-refractivity contribution in [3.05, 3.63) is 0 Å². The third-order valence-electron chi connectivity index (χ3n) is 8.19. The highest BCUT2D eigenvalue weighted by molar-refractivity contribution is 5.01. The van der Waals surface area contributed by atoms with Gasteiger partial charge in [0.1, 0.15) is 0 Å². The molecule has 156 valence electrons. The second-order valence-corrected chi connectivity index (χ2v) is 11.4. The van der Waals surface area contributed by atoms with Gasteiger partial charge in [-0.3, -0.25) is 0 Å². The number of hydrogen-bond acceptors (Lipinski definition) is 3. The highest BCUT2D eigenvalue weighted by Crippen LogP contribution is 2.54. The summed E-state index contributed by atoms with van der Waals surface area (Å²) in [6.45, 7) is 16.0. The van der Waals surface area contributed by atoms with Crippen LogP contribution in [0.1, 0.15) is 85.5 Å². The van der Waals surface area contributed by atoms with Crippen LogP contribution in [-0.4, -0.2) is 60.8 Å². The van der Waals surface area contributed by atoms with Crippen molar-refractivity contribution in [2.75, 3.05) is 32.7 Å². The Hall–Kier alpha value is -0.120. The van der Waals surface area contributed by atoms with Crippen LogP contribution in [-0.2, 0) is 4.74 Å². The molecule has 4 rings (SSSR count). The number of likely N-dealkylation sites (tertiary alicyclic amines) is 2. The largest absolute Gasteiger partial charge is 0.375 e. The molecule has 0 atom stereocenters. The van der Waals surface area contributed by atoms with Crippen LogP contribution in [0, 0.1) is 16.7 Å². The summed E-state index contributed by atoms with van der Waals surface area (Å²) in [7, 11) is 0. The van der Waals surface area contributed by atoms with Gasteiger partial charge >= 0.3 is 0 Å². The van der Waals surface area contributed by atoms with Gasteiger partial charge < -0.3 is 14.5 Å². The third-order valence-corrected chi connectivity index (χ3v) is 8.19. The van der Waals surface area contributed by atoms with E-state index in [1.165, 1.54) is 90.5 Å². The van der Waals surface area contributed by atoms with Gasteiger partial charge in [0, 0.05) is 25.7 Å². The number of piperidine rings is 2. The van der Waals surface area contributed by atoms with E-state index in [0.717, 1.165) is 5.92 Å². The molecule has 0 bridgehead atoms. The van der Waals surface area contributed by atoms with Crippen molar-refractivity contribution >= 4 is 0 Å². The molecule has 0 radical (unpaired) electrons.